The minimum atomic E-state index is -0.0840. The molecular formula is C27H33N6O4+. The summed E-state index contributed by atoms with van der Waals surface area (Å²) in [6.07, 6.45) is 2.24. The van der Waals surface area contributed by atoms with Crippen LogP contribution in [0.1, 0.15) is 36.7 Å². The molecule has 2 N–H and O–H groups in total. The molecule has 1 unspecified atom stereocenters. The zero-order valence-corrected chi connectivity index (χ0v) is 21.3. The van der Waals surface area contributed by atoms with E-state index in [1.807, 2.05) is 60.1 Å². The van der Waals surface area contributed by atoms with Crippen LogP contribution in [0, 0.1) is 0 Å². The van der Waals surface area contributed by atoms with Crippen LogP contribution in [-0.2, 0) is 24.4 Å². The normalized spacial score (nSPS) is 16.2. The summed E-state index contributed by atoms with van der Waals surface area (Å²) in [5.74, 6) is 2.36. The number of tetrazole rings is 1. The molecule has 0 aliphatic carbocycles. The average molecular weight is 506 g/mol. The number of hydrogen-bond acceptors (Lipinski definition) is 7. The van der Waals surface area contributed by atoms with Gasteiger partial charge >= 0.3 is 0 Å². The van der Waals surface area contributed by atoms with Gasteiger partial charge < -0.3 is 24.1 Å². The van der Waals surface area contributed by atoms with Crippen molar-refractivity contribution < 1.29 is 19.1 Å². The summed E-state index contributed by atoms with van der Waals surface area (Å²) in [7, 11) is 1.65. The van der Waals surface area contributed by atoms with E-state index in [1.165, 1.54) is 4.90 Å². The molecule has 10 heteroatoms. The van der Waals surface area contributed by atoms with E-state index < -0.39 is 0 Å². The molecule has 3 heterocycles. The first-order valence-corrected chi connectivity index (χ1v) is 12.7. The highest BCUT2D eigenvalue weighted by Crippen LogP contribution is 2.19. The van der Waals surface area contributed by atoms with Gasteiger partial charge in [0.2, 0.25) is 5.82 Å². The third-order valence-electron chi connectivity index (χ3n) is 6.69. The van der Waals surface area contributed by atoms with Crippen molar-refractivity contribution in [3.05, 3.63) is 75.8 Å². The molecular weight excluding hydrogens is 472 g/mol. The van der Waals surface area contributed by atoms with Crippen LogP contribution in [0.4, 0.5) is 0 Å². The SMILES string of the molecule is CCOc1ccc2[nH]c(=O)c(C[NH+](Cc3nnnn3Cc3ccc(OC)cc3)C[C@H]3CCCO3)cc2c1. The van der Waals surface area contributed by atoms with Crippen molar-refractivity contribution in [1.82, 2.24) is 25.2 Å². The molecule has 0 spiro atoms. The van der Waals surface area contributed by atoms with Crippen molar-refractivity contribution in [2.45, 2.75) is 45.5 Å². The number of rotatable bonds is 11. The lowest BCUT2D eigenvalue weighted by Crippen LogP contribution is -3.10. The number of methoxy groups -OCH3 is 1. The number of quaternary nitrogens is 1. The fraction of sp³-hybridized carbons (Fsp3) is 0.407. The van der Waals surface area contributed by atoms with Crippen molar-refractivity contribution in [2.24, 2.45) is 0 Å². The molecule has 0 bridgehead atoms. The second-order valence-corrected chi connectivity index (χ2v) is 9.35. The average Bonchev–Trinajstić information content (AvgIpc) is 3.57. The van der Waals surface area contributed by atoms with E-state index in [0.717, 1.165) is 59.8 Å². The lowest BCUT2D eigenvalue weighted by molar-refractivity contribution is -0.931. The molecule has 194 valence electrons. The van der Waals surface area contributed by atoms with Crippen LogP contribution in [0.25, 0.3) is 10.9 Å². The molecule has 0 saturated carbocycles. The second-order valence-electron chi connectivity index (χ2n) is 9.35. The minimum Gasteiger partial charge on any atom is -0.497 e. The highest BCUT2D eigenvalue weighted by Gasteiger charge is 2.25. The molecule has 1 saturated heterocycles. The lowest BCUT2D eigenvalue weighted by Gasteiger charge is -2.22. The van der Waals surface area contributed by atoms with E-state index in [0.29, 0.717) is 31.8 Å². The summed E-state index contributed by atoms with van der Waals surface area (Å²) in [6, 6.07) is 15.6. The van der Waals surface area contributed by atoms with Gasteiger partial charge in [-0.1, -0.05) is 12.1 Å². The number of hydrogen-bond donors (Lipinski definition) is 2. The maximum absolute atomic E-state index is 13.0. The fourth-order valence-electron chi connectivity index (χ4n) is 4.82. The lowest BCUT2D eigenvalue weighted by atomic mass is 10.1. The number of aromatic amines is 1. The van der Waals surface area contributed by atoms with E-state index in [9.17, 15) is 4.79 Å². The van der Waals surface area contributed by atoms with Crippen LogP contribution in [0.2, 0.25) is 0 Å². The maximum atomic E-state index is 13.0. The third kappa shape index (κ3) is 6.15. The van der Waals surface area contributed by atoms with Crippen LogP contribution in [0.15, 0.2) is 53.3 Å². The first-order chi connectivity index (χ1) is 18.1. The van der Waals surface area contributed by atoms with Gasteiger partial charge in [0, 0.05) is 17.5 Å². The molecule has 2 atom stereocenters. The number of H-pyrrole nitrogens is 1. The maximum Gasteiger partial charge on any atom is 0.257 e. The summed E-state index contributed by atoms with van der Waals surface area (Å²) < 4.78 is 18.7. The molecule has 5 rings (SSSR count). The molecule has 0 radical (unpaired) electrons. The predicted octanol–water partition coefficient (Wildman–Crippen LogP) is 1.73. The Kier molecular flexibility index (Phi) is 7.76. The summed E-state index contributed by atoms with van der Waals surface area (Å²) >= 11 is 0. The molecule has 2 aromatic carbocycles. The van der Waals surface area contributed by atoms with Gasteiger partial charge in [0.1, 0.15) is 37.2 Å². The van der Waals surface area contributed by atoms with Gasteiger partial charge in [0.05, 0.1) is 25.8 Å². The topological polar surface area (TPSA) is 109 Å². The van der Waals surface area contributed by atoms with E-state index >= 15 is 0 Å². The zero-order chi connectivity index (χ0) is 25.6. The first kappa shape index (κ1) is 24.9. The number of nitrogens with one attached hydrogen (secondary N) is 2. The van der Waals surface area contributed by atoms with E-state index in [-0.39, 0.29) is 11.7 Å². The minimum absolute atomic E-state index is 0.0840. The Morgan fingerprint density at radius 3 is 2.73 bits per heavy atom. The van der Waals surface area contributed by atoms with Crippen LogP contribution >= 0.6 is 0 Å². The molecule has 4 aromatic rings. The first-order valence-electron chi connectivity index (χ1n) is 12.7. The highest BCUT2D eigenvalue weighted by atomic mass is 16.5. The van der Waals surface area contributed by atoms with E-state index in [1.54, 1.807) is 7.11 Å². The quantitative estimate of drug-likeness (QED) is 0.320. The number of pyridine rings is 1. The monoisotopic (exact) mass is 505 g/mol. The van der Waals surface area contributed by atoms with Gasteiger partial charge in [-0.2, -0.15) is 0 Å². The molecule has 2 aromatic heterocycles. The van der Waals surface area contributed by atoms with E-state index in [2.05, 4.69) is 20.5 Å². The van der Waals surface area contributed by atoms with Gasteiger partial charge in [-0.3, -0.25) is 4.79 Å². The van der Waals surface area contributed by atoms with Crippen molar-refractivity contribution in [3.8, 4) is 11.5 Å². The van der Waals surface area contributed by atoms with Gasteiger partial charge in [-0.15, -0.1) is 5.10 Å². The molecule has 1 aliphatic heterocycles. The Balaban J connectivity index is 1.38. The van der Waals surface area contributed by atoms with Gasteiger partial charge in [0.15, 0.2) is 0 Å². The summed E-state index contributed by atoms with van der Waals surface area (Å²) in [4.78, 5) is 17.2. The van der Waals surface area contributed by atoms with Crippen molar-refractivity contribution in [1.29, 1.82) is 0 Å². The van der Waals surface area contributed by atoms with Crippen LogP contribution in [0.5, 0.6) is 11.5 Å². The number of aromatic nitrogens is 5. The Morgan fingerprint density at radius 1 is 1.14 bits per heavy atom. The number of fused-ring (bicyclic) bond motifs is 1. The number of nitrogens with zero attached hydrogens (tertiary/aromatic N) is 4. The van der Waals surface area contributed by atoms with E-state index in [4.69, 9.17) is 14.2 Å². The van der Waals surface area contributed by atoms with Crippen molar-refractivity contribution in [2.75, 3.05) is 26.9 Å². The van der Waals surface area contributed by atoms with Gasteiger partial charge in [0.25, 0.3) is 5.56 Å². The predicted molar refractivity (Wildman–Crippen MR) is 138 cm³/mol. The van der Waals surface area contributed by atoms with Crippen molar-refractivity contribution >= 4 is 10.9 Å². The smallest absolute Gasteiger partial charge is 0.257 e. The molecule has 1 aliphatic rings. The van der Waals surface area contributed by atoms with Crippen molar-refractivity contribution in [3.63, 3.8) is 0 Å². The van der Waals surface area contributed by atoms with Gasteiger partial charge in [-0.05, 0) is 72.2 Å². The second kappa shape index (κ2) is 11.5. The number of ether oxygens (including phenoxy) is 3. The molecule has 10 nitrogen and oxygen atoms in total. The third-order valence-corrected chi connectivity index (χ3v) is 6.69. The molecule has 37 heavy (non-hydrogen) atoms. The Morgan fingerprint density at radius 2 is 1.97 bits per heavy atom. The summed E-state index contributed by atoms with van der Waals surface area (Å²) in [6.45, 7) is 5.74. The largest absolute Gasteiger partial charge is 0.497 e. The van der Waals surface area contributed by atoms with Crippen LogP contribution < -0.4 is 19.9 Å². The summed E-state index contributed by atoms with van der Waals surface area (Å²) in [5, 5.41) is 13.4. The summed E-state index contributed by atoms with van der Waals surface area (Å²) in [5.41, 5.74) is 2.50. The number of benzene rings is 2. The Bertz CT molecular complexity index is 1380. The van der Waals surface area contributed by atoms with Crippen LogP contribution in [-0.4, -0.2) is 58.2 Å². The zero-order valence-electron chi connectivity index (χ0n) is 21.3. The molecule has 0 amide bonds. The molecule has 1 fully saturated rings. The standard InChI is InChI=1S/C27H32N6O4/c1-3-36-23-10-11-25-20(14-23)13-21(27(34)28-25)16-32(17-24-5-4-12-37-24)18-26-29-30-31-33(26)15-19-6-8-22(35-2)9-7-19/h6-11,13-14,24H,3-5,12,15-18H2,1-2H3,(H,28,34)/p+1/t24-/m1/s1. The Labute approximate surface area is 215 Å². The van der Waals surface area contributed by atoms with Gasteiger partial charge in [-0.25, -0.2) is 4.68 Å². The fourth-order valence-corrected chi connectivity index (χ4v) is 4.82. The highest BCUT2D eigenvalue weighted by molar-refractivity contribution is 5.80. The Hall–Kier alpha value is -3.76. The van der Waals surface area contributed by atoms with Crippen LogP contribution in [0.3, 0.4) is 0 Å².